The van der Waals surface area contributed by atoms with Gasteiger partial charge in [0.2, 0.25) is 5.60 Å². The lowest BCUT2D eigenvalue weighted by Crippen LogP contribution is -2.53. The molecule has 4 nitrogen and oxygen atoms in total. The minimum atomic E-state index is -0.792. The average Bonchev–Trinajstić information content (AvgIpc) is 2.60. The Morgan fingerprint density at radius 3 is 3.00 bits per heavy atom. The lowest BCUT2D eigenvalue weighted by Gasteiger charge is -2.43. The zero-order valence-electron chi connectivity index (χ0n) is 8.25. The Bertz CT molecular complexity index is 509. The summed E-state index contributed by atoms with van der Waals surface area (Å²) in [5, 5.41) is 0. The molecule has 1 saturated heterocycles. The molecule has 2 bridgehead atoms. The fourth-order valence-corrected chi connectivity index (χ4v) is 2.28. The first kappa shape index (κ1) is 8.24. The smallest absolute Gasteiger partial charge is 0.320 e. The molecule has 1 aliphatic carbocycles. The van der Waals surface area contributed by atoms with Crippen molar-refractivity contribution in [2.24, 2.45) is 0 Å². The molecular weight excluding hydrogens is 208 g/mol. The van der Waals surface area contributed by atoms with Gasteiger partial charge in [-0.15, -0.1) is 0 Å². The maximum absolute atomic E-state index is 5.56. The van der Waals surface area contributed by atoms with E-state index in [0.717, 1.165) is 11.1 Å². The number of fused-ring (bicyclic) bond motifs is 2. The summed E-state index contributed by atoms with van der Waals surface area (Å²) in [6.07, 6.45) is 12.5. The standard InChI is InChI=1S/C12H8O4/c1-2-8-4-5-10-14-11-12(8,16-15-10)9(3-1)6-7-13-11/h1-7,11H. The van der Waals surface area contributed by atoms with Gasteiger partial charge in [-0.3, -0.25) is 4.89 Å². The second kappa shape index (κ2) is 2.59. The van der Waals surface area contributed by atoms with Gasteiger partial charge in [-0.2, -0.15) is 4.89 Å². The van der Waals surface area contributed by atoms with E-state index in [0.29, 0.717) is 5.95 Å². The van der Waals surface area contributed by atoms with Crippen LogP contribution in [0.1, 0.15) is 0 Å². The van der Waals surface area contributed by atoms with Crippen LogP contribution in [-0.2, 0) is 19.2 Å². The molecule has 0 aromatic carbocycles. The summed E-state index contributed by atoms with van der Waals surface area (Å²) in [7, 11) is 0. The van der Waals surface area contributed by atoms with E-state index in [1.165, 1.54) is 0 Å². The summed E-state index contributed by atoms with van der Waals surface area (Å²) in [5.74, 6) is 0.320. The summed E-state index contributed by atoms with van der Waals surface area (Å²) in [4.78, 5) is 10.6. The van der Waals surface area contributed by atoms with E-state index >= 15 is 0 Å². The van der Waals surface area contributed by atoms with Crippen LogP contribution in [-0.4, -0.2) is 11.9 Å². The summed E-state index contributed by atoms with van der Waals surface area (Å²) in [5.41, 5.74) is 1.14. The number of hydrogen-bond acceptors (Lipinski definition) is 4. The Morgan fingerprint density at radius 2 is 2.00 bits per heavy atom. The van der Waals surface area contributed by atoms with Crippen LogP contribution in [0.2, 0.25) is 0 Å². The van der Waals surface area contributed by atoms with E-state index in [4.69, 9.17) is 19.2 Å². The molecule has 80 valence electrons. The first-order valence-electron chi connectivity index (χ1n) is 5.05. The lowest BCUT2D eigenvalue weighted by molar-refractivity contribution is -0.423. The Morgan fingerprint density at radius 1 is 1.06 bits per heavy atom. The van der Waals surface area contributed by atoms with Crippen LogP contribution in [0, 0.1) is 0 Å². The monoisotopic (exact) mass is 216 g/mol. The Hall–Kier alpha value is -1.94. The molecule has 0 amide bonds. The maximum atomic E-state index is 5.56. The summed E-state index contributed by atoms with van der Waals surface area (Å²) < 4.78 is 11.0. The quantitative estimate of drug-likeness (QED) is 0.579. The Labute approximate surface area is 91.7 Å². The van der Waals surface area contributed by atoms with Crippen molar-refractivity contribution in [2.45, 2.75) is 11.9 Å². The first-order valence-corrected chi connectivity index (χ1v) is 5.05. The van der Waals surface area contributed by atoms with E-state index in [1.807, 2.05) is 30.4 Å². The van der Waals surface area contributed by atoms with Crippen molar-refractivity contribution in [3.05, 3.63) is 59.8 Å². The van der Waals surface area contributed by atoms with E-state index in [2.05, 4.69) is 0 Å². The third-order valence-corrected chi connectivity index (χ3v) is 3.07. The highest BCUT2D eigenvalue weighted by Crippen LogP contribution is 2.47. The zero-order valence-corrected chi connectivity index (χ0v) is 8.25. The van der Waals surface area contributed by atoms with E-state index in [9.17, 15) is 0 Å². The molecule has 2 unspecified atom stereocenters. The molecule has 0 aromatic heterocycles. The van der Waals surface area contributed by atoms with Gasteiger partial charge in [-0.05, 0) is 12.2 Å². The fourth-order valence-electron chi connectivity index (χ4n) is 2.28. The van der Waals surface area contributed by atoms with E-state index in [1.54, 1.807) is 12.3 Å². The average molecular weight is 216 g/mol. The number of rotatable bonds is 0. The Kier molecular flexibility index (Phi) is 1.34. The lowest BCUT2D eigenvalue weighted by atomic mass is 9.80. The molecule has 16 heavy (non-hydrogen) atoms. The fraction of sp³-hybridized carbons (Fsp3) is 0.167. The van der Waals surface area contributed by atoms with Crippen LogP contribution < -0.4 is 0 Å². The minimum Gasteiger partial charge on any atom is -0.459 e. The van der Waals surface area contributed by atoms with Crippen molar-refractivity contribution < 1.29 is 19.2 Å². The second-order valence-electron chi connectivity index (χ2n) is 3.88. The van der Waals surface area contributed by atoms with Crippen LogP contribution in [0.25, 0.3) is 0 Å². The van der Waals surface area contributed by atoms with Crippen molar-refractivity contribution in [3.63, 3.8) is 0 Å². The molecule has 1 spiro atoms. The van der Waals surface area contributed by atoms with Crippen molar-refractivity contribution in [2.75, 3.05) is 0 Å². The molecule has 5 rings (SSSR count). The van der Waals surface area contributed by atoms with E-state index < -0.39 is 11.9 Å². The van der Waals surface area contributed by atoms with Gasteiger partial charge in [0.15, 0.2) is 0 Å². The summed E-state index contributed by atoms with van der Waals surface area (Å²) in [6.45, 7) is 0. The predicted molar refractivity (Wildman–Crippen MR) is 53.4 cm³/mol. The number of ether oxygens (including phenoxy) is 2. The minimum absolute atomic E-state index is 0.320. The van der Waals surface area contributed by atoms with Crippen LogP contribution in [0.5, 0.6) is 0 Å². The predicted octanol–water partition coefficient (Wildman–Crippen LogP) is 1.85. The molecule has 4 heterocycles. The van der Waals surface area contributed by atoms with Crippen LogP contribution in [0.3, 0.4) is 0 Å². The van der Waals surface area contributed by atoms with Crippen molar-refractivity contribution >= 4 is 0 Å². The molecule has 1 fully saturated rings. The van der Waals surface area contributed by atoms with Gasteiger partial charge in [0.05, 0.1) is 6.26 Å². The molecule has 4 heteroatoms. The molecule has 0 radical (unpaired) electrons. The van der Waals surface area contributed by atoms with Crippen molar-refractivity contribution in [1.82, 2.24) is 0 Å². The molecule has 0 saturated carbocycles. The van der Waals surface area contributed by atoms with Gasteiger partial charge >= 0.3 is 5.95 Å². The molecule has 4 aliphatic heterocycles. The molecule has 0 N–H and O–H groups in total. The zero-order chi connectivity index (χ0) is 10.6. The van der Waals surface area contributed by atoms with Gasteiger partial charge in [-0.25, -0.2) is 0 Å². The van der Waals surface area contributed by atoms with Crippen LogP contribution in [0.15, 0.2) is 59.8 Å². The van der Waals surface area contributed by atoms with Crippen LogP contribution in [0.4, 0.5) is 0 Å². The molecular formula is C12H8O4. The second-order valence-corrected chi connectivity index (χ2v) is 3.88. The summed E-state index contributed by atoms with van der Waals surface area (Å²) in [6, 6.07) is 0. The van der Waals surface area contributed by atoms with Crippen molar-refractivity contribution in [3.8, 4) is 0 Å². The third kappa shape index (κ3) is 0.796. The van der Waals surface area contributed by atoms with E-state index in [-0.39, 0.29) is 0 Å². The number of hydrogen-bond donors (Lipinski definition) is 0. The van der Waals surface area contributed by atoms with Crippen molar-refractivity contribution in [1.29, 1.82) is 0 Å². The summed E-state index contributed by atoms with van der Waals surface area (Å²) >= 11 is 0. The topological polar surface area (TPSA) is 36.9 Å². The van der Waals surface area contributed by atoms with Gasteiger partial charge in [0.1, 0.15) is 0 Å². The largest absolute Gasteiger partial charge is 0.459 e. The van der Waals surface area contributed by atoms with Gasteiger partial charge < -0.3 is 9.47 Å². The normalized spacial score (nSPS) is 37.0. The first-order chi connectivity index (χ1) is 7.89. The van der Waals surface area contributed by atoms with Gasteiger partial charge in [0, 0.05) is 17.2 Å². The molecule has 5 aliphatic rings. The maximum Gasteiger partial charge on any atom is 0.320 e. The molecule has 0 aromatic rings. The van der Waals surface area contributed by atoms with Gasteiger partial charge in [0.25, 0.3) is 6.29 Å². The third-order valence-electron chi connectivity index (χ3n) is 3.07. The SMILES string of the molecule is C1=CC2=CC=C3OOC24C(=C1)C=COC4O3. The highest BCUT2D eigenvalue weighted by molar-refractivity contribution is 5.54. The van der Waals surface area contributed by atoms with Gasteiger partial charge in [-0.1, -0.05) is 18.2 Å². The molecule has 2 atom stereocenters. The highest BCUT2D eigenvalue weighted by atomic mass is 17.2. The Balaban J connectivity index is 2.01. The number of allylic oxidation sites excluding steroid dienone is 4. The van der Waals surface area contributed by atoms with Crippen LogP contribution >= 0.6 is 0 Å². The highest BCUT2D eigenvalue weighted by Gasteiger charge is 2.57.